The van der Waals surface area contributed by atoms with Gasteiger partial charge in [-0.1, -0.05) is 50.8 Å². The maximum atomic E-state index is 12.4. The third-order valence-electron chi connectivity index (χ3n) is 3.57. The molecule has 1 rings (SSSR count). The summed E-state index contributed by atoms with van der Waals surface area (Å²) < 4.78 is 0.766. The summed E-state index contributed by atoms with van der Waals surface area (Å²) in [5, 5.41) is 0. The molecule has 1 saturated heterocycles. The number of amides is 1. The topological polar surface area (TPSA) is 20.3 Å². The summed E-state index contributed by atoms with van der Waals surface area (Å²) in [5.41, 5.74) is 0. The summed E-state index contributed by atoms with van der Waals surface area (Å²) in [7, 11) is 0. The Hall–Kier alpha value is -0.350. The first-order valence-corrected chi connectivity index (χ1v) is 8.46. The van der Waals surface area contributed by atoms with E-state index in [2.05, 4.69) is 27.4 Å². The Morgan fingerprint density at radius 2 is 2.26 bits per heavy atom. The van der Waals surface area contributed by atoms with Gasteiger partial charge < -0.3 is 0 Å². The molecular weight excluding hydrogens is 274 g/mol. The normalized spacial score (nSPS) is 20.9. The van der Waals surface area contributed by atoms with Gasteiger partial charge in [0, 0.05) is 18.2 Å². The Kier molecular flexibility index (Phi) is 7.08. The number of hydrogen-bond acceptors (Lipinski definition) is 3. The Labute approximate surface area is 127 Å². The Balaban J connectivity index is 2.51. The lowest BCUT2D eigenvalue weighted by Crippen LogP contribution is -2.42. The fourth-order valence-corrected chi connectivity index (χ4v) is 3.99. The number of hydrogen-bond donors (Lipinski definition) is 0. The van der Waals surface area contributed by atoms with Crippen LogP contribution in [0.1, 0.15) is 46.5 Å². The van der Waals surface area contributed by atoms with Gasteiger partial charge >= 0.3 is 0 Å². The monoisotopic (exact) mass is 299 g/mol. The first-order valence-electron chi connectivity index (χ1n) is 7.07. The van der Waals surface area contributed by atoms with E-state index >= 15 is 0 Å². The van der Waals surface area contributed by atoms with Gasteiger partial charge in [-0.2, -0.15) is 0 Å². The molecule has 4 heteroatoms. The van der Waals surface area contributed by atoms with E-state index in [9.17, 15) is 4.79 Å². The molecule has 0 aliphatic carbocycles. The van der Waals surface area contributed by atoms with Gasteiger partial charge in [0.1, 0.15) is 4.32 Å². The number of carbonyl (C=O) groups is 1. The number of thioether (sulfide) groups is 1. The lowest BCUT2D eigenvalue weighted by atomic mass is 9.98. The van der Waals surface area contributed by atoms with Crippen molar-refractivity contribution in [1.82, 2.24) is 4.90 Å². The van der Waals surface area contributed by atoms with Gasteiger partial charge in [0.25, 0.3) is 0 Å². The standard InChI is InChI=1S/C15H25NOS2/c1-5-6-7-8-12(4)9-14(17)16-13(11(2)3)10-19-15(16)18/h5,11-13H,1,6-10H2,2-4H3/t12-,13+/m1/s1. The number of nitrogens with zero attached hydrogens (tertiary/aromatic N) is 1. The third-order valence-corrected chi connectivity index (χ3v) is 5.07. The molecule has 1 heterocycles. The molecular formula is C15H25NOS2. The predicted octanol–water partition coefficient (Wildman–Crippen LogP) is 4.25. The summed E-state index contributed by atoms with van der Waals surface area (Å²) in [4.78, 5) is 14.3. The van der Waals surface area contributed by atoms with Crippen LogP contribution >= 0.6 is 24.0 Å². The minimum absolute atomic E-state index is 0.208. The van der Waals surface area contributed by atoms with Crippen molar-refractivity contribution in [2.24, 2.45) is 11.8 Å². The Bertz CT molecular complexity index is 341. The molecule has 0 unspecified atom stereocenters. The molecule has 0 radical (unpaired) electrons. The molecule has 1 aliphatic heterocycles. The van der Waals surface area contributed by atoms with E-state index in [1.165, 1.54) is 0 Å². The predicted molar refractivity (Wildman–Crippen MR) is 88.4 cm³/mol. The third kappa shape index (κ3) is 4.92. The zero-order valence-electron chi connectivity index (χ0n) is 12.2. The van der Waals surface area contributed by atoms with Crippen molar-refractivity contribution in [2.75, 3.05) is 5.75 Å². The molecule has 0 N–H and O–H groups in total. The fourth-order valence-electron chi connectivity index (χ4n) is 2.32. The van der Waals surface area contributed by atoms with Crippen LogP contribution < -0.4 is 0 Å². The first kappa shape index (κ1) is 16.7. The highest BCUT2D eigenvalue weighted by Gasteiger charge is 2.35. The second kappa shape index (κ2) is 8.05. The minimum atomic E-state index is 0.208. The van der Waals surface area contributed by atoms with Crippen molar-refractivity contribution in [3.05, 3.63) is 12.7 Å². The van der Waals surface area contributed by atoms with Crippen molar-refractivity contribution < 1.29 is 4.79 Å². The van der Waals surface area contributed by atoms with E-state index in [0.717, 1.165) is 29.3 Å². The minimum Gasteiger partial charge on any atom is -0.294 e. The van der Waals surface area contributed by atoms with Gasteiger partial charge in [0.15, 0.2) is 0 Å². The molecule has 108 valence electrons. The zero-order chi connectivity index (χ0) is 14.4. The lowest BCUT2D eigenvalue weighted by Gasteiger charge is -2.27. The van der Waals surface area contributed by atoms with Crippen LogP contribution in [0.15, 0.2) is 12.7 Å². The van der Waals surface area contributed by atoms with E-state index < -0.39 is 0 Å². The van der Waals surface area contributed by atoms with Gasteiger partial charge in [-0.3, -0.25) is 9.69 Å². The highest BCUT2D eigenvalue weighted by Crippen LogP contribution is 2.30. The molecule has 2 nitrogen and oxygen atoms in total. The van der Waals surface area contributed by atoms with Crippen molar-refractivity contribution in [1.29, 1.82) is 0 Å². The second-order valence-corrected chi connectivity index (χ2v) is 7.33. The van der Waals surface area contributed by atoms with E-state index in [-0.39, 0.29) is 11.9 Å². The van der Waals surface area contributed by atoms with Crippen LogP contribution in [0.25, 0.3) is 0 Å². The molecule has 1 aliphatic rings. The summed E-state index contributed by atoms with van der Waals surface area (Å²) >= 11 is 6.97. The van der Waals surface area contributed by atoms with Crippen molar-refractivity contribution >= 4 is 34.2 Å². The maximum Gasteiger partial charge on any atom is 0.228 e. The maximum absolute atomic E-state index is 12.4. The van der Waals surface area contributed by atoms with Gasteiger partial charge in [0.05, 0.1) is 0 Å². The van der Waals surface area contributed by atoms with Crippen molar-refractivity contribution in [3.8, 4) is 0 Å². The molecule has 2 atom stereocenters. The van der Waals surface area contributed by atoms with Crippen LogP contribution in [-0.4, -0.2) is 26.9 Å². The molecule has 1 fully saturated rings. The molecule has 0 aromatic heterocycles. The fraction of sp³-hybridized carbons (Fsp3) is 0.733. The number of carbonyl (C=O) groups excluding carboxylic acids is 1. The van der Waals surface area contributed by atoms with Crippen molar-refractivity contribution in [3.63, 3.8) is 0 Å². The van der Waals surface area contributed by atoms with Gasteiger partial charge in [-0.05, 0) is 31.1 Å². The average molecular weight is 300 g/mol. The Morgan fingerprint density at radius 1 is 1.58 bits per heavy atom. The number of rotatable bonds is 7. The summed E-state index contributed by atoms with van der Waals surface area (Å²) in [6.07, 6.45) is 5.78. The summed E-state index contributed by atoms with van der Waals surface area (Å²) in [6.45, 7) is 10.2. The van der Waals surface area contributed by atoms with E-state index in [0.29, 0.717) is 18.3 Å². The molecule has 1 amide bonds. The average Bonchev–Trinajstić information content (AvgIpc) is 2.71. The van der Waals surface area contributed by atoms with Gasteiger partial charge in [-0.15, -0.1) is 6.58 Å². The Morgan fingerprint density at radius 3 is 2.84 bits per heavy atom. The lowest BCUT2D eigenvalue weighted by molar-refractivity contribution is -0.129. The number of allylic oxidation sites excluding steroid dienone is 1. The quantitative estimate of drug-likeness (QED) is 0.398. The van der Waals surface area contributed by atoms with E-state index in [4.69, 9.17) is 12.2 Å². The molecule has 19 heavy (non-hydrogen) atoms. The van der Waals surface area contributed by atoms with E-state index in [1.54, 1.807) is 11.8 Å². The van der Waals surface area contributed by atoms with E-state index in [1.807, 2.05) is 11.0 Å². The zero-order valence-corrected chi connectivity index (χ0v) is 13.9. The number of thiocarbonyl (C=S) groups is 1. The highest BCUT2D eigenvalue weighted by molar-refractivity contribution is 8.23. The molecule has 0 spiro atoms. The smallest absolute Gasteiger partial charge is 0.228 e. The van der Waals surface area contributed by atoms with Crippen LogP contribution in [0.3, 0.4) is 0 Å². The SMILES string of the molecule is C=CCCC[C@@H](C)CC(=O)N1C(=S)SC[C@H]1C(C)C. The van der Waals surface area contributed by atoms with Crippen LogP contribution in [0.2, 0.25) is 0 Å². The molecule has 0 aromatic carbocycles. The summed E-state index contributed by atoms with van der Waals surface area (Å²) in [6, 6.07) is 0.283. The largest absolute Gasteiger partial charge is 0.294 e. The second-order valence-electron chi connectivity index (χ2n) is 5.68. The van der Waals surface area contributed by atoms with Crippen LogP contribution in [-0.2, 0) is 4.79 Å². The molecule has 0 bridgehead atoms. The van der Waals surface area contributed by atoms with Gasteiger partial charge in [0.2, 0.25) is 5.91 Å². The highest BCUT2D eigenvalue weighted by atomic mass is 32.2. The van der Waals surface area contributed by atoms with Gasteiger partial charge in [-0.25, -0.2) is 0 Å². The van der Waals surface area contributed by atoms with Crippen LogP contribution in [0, 0.1) is 11.8 Å². The van der Waals surface area contributed by atoms with Crippen molar-refractivity contribution in [2.45, 2.75) is 52.5 Å². The summed E-state index contributed by atoms with van der Waals surface area (Å²) in [5.74, 6) is 2.05. The number of unbranched alkanes of at least 4 members (excludes halogenated alkanes) is 1. The van der Waals surface area contributed by atoms with Crippen LogP contribution in [0.5, 0.6) is 0 Å². The molecule has 0 aromatic rings. The van der Waals surface area contributed by atoms with Crippen LogP contribution in [0.4, 0.5) is 0 Å². The first-order chi connectivity index (χ1) is 8.97. The molecule has 0 saturated carbocycles.